The third kappa shape index (κ3) is 2.83. The van der Waals surface area contributed by atoms with Crippen LogP contribution in [0.1, 0.15) is 47.0 Å². The summed E-state index contributed by atoms with van der Waals surface area (Å²) < 4.78 is 11.6. The Bertz CT molecular complexity index is 595. The van der Waals surface area contributed by atoms with Crippen LogP contribution in [0.25, 0.3) is 0 Å². The third-order valence-electron chi connectivity index (χ3n) is 7.52. The van der Waals surface area contributed by atoms with E-state index in [1.54, 1.807) is 0 Å². The SMILES string of the molecule is C[C@@H]1CN(C[C@@H]2C(=O)O[C@@H]3CC4=CCC[C@H](C)[C@@]4(C)[C@H](O)[C@H]23)C[C@@H](C)O1. The molecule has 2 aliphatic heterocycles. The van der Waals surface area contributed by atoms with Gasteiger partial charge in [0.1, 0.15) is 6.10 Å². The van der Waals surface area contributed by atoms with Crippen LogP contribution in [0.2, 0.25) is 0 Å². The minimum Gasteiger partial charge on any atom is -0.461 e. The smallest absolute Gasteiger partial charge is 0.311 e. The first-order valence-electron chi connectivity index (χ1n) is 10.3. The second-order valence-electron chi connectivity index (χ2n) is 9.27. The van der Waals surface area contributed by atoms with Gasteiger partial charge in [0.05, 0.1) is 24.2 Å². The van der Waals surface area contributed by atoms with Crippen LogP contribution in [-0.2, 0) is 14.3 Å². The minimum atomic E-state index is -0.518. The number of esters is 1. The monoisotopic (exact) mass is 363 g/mol. The molecule has 0 bridgehead atoms. The lowest BCUT2D eigenvalue weighted by molar-refractivity contribution is -0.145. The summed E-state index contributed by atoms with van der Waals surface area (Å²) in [6, 6.07) is 0. The number of morpholine rings is 1. The summed E-state index contributed by atoms with van der Waals surface area (Å²) in [4.78, 5) is 15.0. The highest BCUT2D eigenvalue weighted by Gasteiger charge is 2.59. The summed E-state index contributed by atoms with van der Waals surface area (Å²) in [5, 5.41) is 11.4. The van der Waals surface area contributed by atoms with Crippen LogP contribution >= 0.6 is 0 Å². The molecule has 2 aliphatic carbocycles. The van der Waals surface area contributed by atoms with Crippen molar-refractivity contribution in [1.82, 2.24) is 4.90 Å². The number of fused-ring (bicyclic) bond motifs is 2. The fraction of sp³-hybridized carbons (Fsp3) is 0.857. The first-order chi connectivity index (χ1) is 12.3. The molecule has 0 spiro atoms. The zero-order valence-corrected chi connectivity index (χ0v) is 16.5. The van der Waals surface area contributed by atoms with Crippen molar-refractivity contribution < 1.29 is 19.4 Å². The highest BCUT2D eigenvalue weighted by Crippen LogP contribution is 2.56. The summed E-state index contributed by atoms with van der Waals surface area (Å²) in [5.41, 5.74) is 1.07. The molecule has 0 aromatic rings. The standard InChI is InChI=1S/C21H33NO4/c1-12-6-5-7-15-8-17-18(19(23)21(12,15)4)16(20(24)26-17)11-22-9-13(2)25-14(3)10-22/h7,12-14,16-19,23H,5-6,8-11H2,1-4H3/t12-,13+,14+,16-,17+,18+,19+,21+/m0/s1. The number of nitrogens with zero attached hydrogens (tertiary/aromatic N) is 1. The highest BCUT2D eigenvalue weighted by molar-refractivity contribution is 5.76. The third-order valence-corrected chi connectivity index (χ3v) is 7.52. The first-order valence-corrected chi connectivity index (χ1v) is 10.3. The Hall–Kier alpha value is -0.910. The van der Waals surface area contributed by atoms with Crippen LogP contribution in [-0.4, -0.2) is 60.0 Å². The number of carbonyl (C=O) groups excluding carboxylic acids is 1. The number of aliphatic hydroxyl groups excluding tert-OH is 1. The van der Waals surface area contributed by atoms with Gasteiger partial charge >= 0.3 is 5.97 Å². The molecule has 5 nitrogen and oxygen atoms in total. The molecule has 0 unspecified atom stereocenters. The van der Waals surface area contributed by atoms with E-state index in [-0.39, 0.29) is 41.5 Å². The summed E-state index contributed by atoms with van der Waals surface area (Å²) >= 11 is 0. The molecule has 0 aromatic carbocycles. The van der Waals surface area contributed by atoms with Gasteiger partial charge in [-0.05, 0) is 32.6 Å². The molecular weight excluding hydrogens is 330 g/mol. The van der Waals surface area contributed by atoms with Crippen LogP contribution in [0.3, 0.4) is 0 Å². The van der Waals surface area contributed by atoms with Gasteiger partial charge in [0.15, 0.2) is 0 Å². The zero-order chi connectivity index (χ0) is 18.6. The minimum absolute atomic E-state index is 0.0985. The lowest BCUT2D eigenvalue weighted by Gasteiger charge is -2.52. The van der Waals surface area contributed by atoms with Gasteiger partial charge in [0.2, 0.25) is 0 Å². The zero-order valence-electron chi connectivity index (χ0n) is 16.5. The normalized spacial score (nSPS) is 49.2. The average Bonchev–Trinajstić information content (AvgIpc) is 2.85. The van der Waals surface area contributed by atoms with E-state index in [0.717, 1.165) is 32.4 Å². The summed E-state index contributed by atoms with van der Waals surface area (Å²) in [5.74, 6) is -0.0294. The van der Waals surface area contributed by atoms with Gasteiger partial charge in [-0.3, -0.25) is 9.69 Å². The molecule has 26 heavy (non-hydrogen) atoms. The molecule has 2 heterocycles. The van der Waals surface area contributed by atoms with Crippen molar-refractivity contribution in [3.8, 4) is 0 Å². The van der Waals surface area contributed by atoms with Crippen molar-refractivity contribution in [3.63, 3.8) is 0 Å². The molecule has 0 aromatic heterocycles. The average molecular weight is 363 g/mol. The van der Waals surface area contributed by atoms with Gasteiger partial charge < -0.3 is 14.6 Å². The molecule has 8 atom stereocenters. The Balaban J connectivity index is 1.57. The molecule has 5 heteroatoms. The predicted molar refractivity (Wildman–Crippen MR) is 98.5 cm³/mol. The lowest BCUT2D eigenvalue weighted by atomic mass is 9.55. The number of allylic oxidation sites excluding steroid dienone is 1. The number of hydrogen-bond donors (Lipinski definition) is 1. The fourth-order valence-electron chi connectivity index (χ4n) is 5.99. The van der Waals surface area contributed by atoms with Gasteiger partial charge in [-0.15, -0.1) is 0 Å². The Morgan fingerprint density at radius 1 is 1.27 bits per heavy atom. The van der Waals surface area contributed by atoms with Crippen molar-refractivity contribution in [2.45, 2.75) is 71.4 Å². The Kier molecular flexibility index (Phi) is 4.69. The Morgan fingerprint density at radius 2 is 1.96 bits per heavy atom. The van der Waals surface area contributed by atoms with E-state index in [0.29, 0.717) is 12.5 Å². The van der Waals surface area contributed by atoms with Crippen LogP contribution in [0, 0.1) is 23.2 Å². The molecule has 146 valence electrons. The molecule has 3 fully saturated rings. The van der Waals surface area contributed by atoms with E-state index in [1.165, 1.54) is 5.57 Å². The summed E-state index contributed by atoms with van der Waals surface area (Å²) in [7, 11) is 0. The van der Waals surface area contributed by atoms with E-state index in [4.69, 9.17) is 9.47 Å². The van der Waals surface area contributed by atoms with Crippen molar-refractivity contribution in [3.05, 3.63) is 11.6 Å². The second kappa shape index (κ2) is 6.61. The van der Waals surface area contributed by atoms with Crippen LogP contribution in [0.4, 0.5) is 0 Å². The van der Waals surface area contributed by atoms with Gasteiger partial charge in [0.25, 0.3) is 0 Å². The Labute approximate surface area is 156 Å². The number of aliphatic hydroxyl groups is 1. The van der Waals surface area contributed by atoms with Crippen molar-refractivity contribution >= 4 is 5.97 Å². The van der Waals surface area contributed by atoms with E-state index < -0.39 is 6.10 Å². The topological polar surface area (TPSA) is 59.0 Å². The largest absolute Gasteiger partial charge is 0.461 e. The van der Waals surface area contributed by atoms with Gasteiger partial charge in [-0.1, -0.05) is 25.5 Å². The molecule has 1 saturated carbocycles. The molecule has 2 saturated heterocycles. The summed E-state index contributed by atoms with van der Waals surface area (Å²) in [6.07, 6.45) is 4.91. The fourth-order valence-corrected chi connectivity index (χ4v) is 5.99. The second-order valence-corrected chi connectivity index (χ2v) is 9.27. The van der Waals surface area contributed by atoms with E-state index in [2.05, 4.69) is 38.7 Å². The van der Waals surface area contributed by atoms with Crippen LogP contribution < -0.4 is 0 Å². The van der Waals surface area contributed by atoms with Crippen molar-refractivity contribution in [1.29, 1.82) is 0 Å². The molecule has 0 amide bonds. The number of ether oxygens (including phenoxy) is 2. The van der Waals surface area contributed by atoms with E-state index in [9.17, 15) is 9.90 Å². The molecule has 0 radical (unpaired) electrons. The van der Waals surface area contributed by atoms with Crippen molar-refractivity contribution in [2.75, 3.05) is 19.6 Å². The van der Waals surface area contributed by atoms with Crippen LogP contribution in [0.5, 0.6) is 0 Å². The van der Waals surface area contributed by atoms with Crippen molar-refractivity contribution in [2.24, 2.45) is 23.2 Å². The van der Waals surface area contributed by atoms with Gasteiger partial charge in [0, 0.05) is 37.4 Å². The summed E-state index contributed by atoms with van der Waals surface area (Å²) in [6.45, 7) is 10.9. The van der Waals surface area contributed by atoms with Gasteiger partial charge in [-0.2, -0.15) is 0 Å². The molecule has 1 N–H and O–H groups in total. The maximum absolute atomic E-state index is 12.7. The van der Waals surface area contributed by atoms with E-state index >= 15 is 0 Å². The number of hydrogen-bond acceptors (Lipinski definition) is 5. The lowest BCUT2D eigenvalue weighted by Crippen LogP contribution is -2.55. The van der Waals surface area contributed by atoms with Crippen LogP contribution in [0.15, 0.2) is 11.6 Å². The molecule has 4 aliphatic rings. The highest BCUT2D eigenvalue weighted by atomic mass is 16.6. The molecule has 4 rings (SSSR count). The maximum Gasteiger partial charge on any atom is 0.311 e. The number of carbonyl (C=O) groups is 1. The quantitative estimate of drug-likeness (QED) is 0.603. The first kappa shape index (κ1) is 18.5. The number of rotatable bonds is 2. The maximum atomic E-state index is 12.7. The molecular formula is C21H33NO4. The Morgan fingerprint density at radius 3 is 2.65 bits per heavy atom. The predicted octanol–water partition coefficient (Wildman–Crippen LogP) is 2.38. The van der Waals surface area contributed by atoms with Gasteiger partial charge in [-0.25, -0.2) is 0 Å². The van der Waals surface area contributed by atoms with E-state index in [1.807, 2.05) is 0 Å².